The first kappa shape index (κ1) is 23.5. The molecule has 1 unspecified atom stereocenters. The highest BCUT2D eigenvalue weighted by atomic mass is 16.4. The van der Waals surface area contributed by atoms with Gasteiger partial charge in [-0.25, -0.2) is 0 Å². The molecule has 2 saturated carbocycles. The van der Waals surface area contributed by atoms with Gasteiger partial charge in [-0.05, 0) is 85.5 Å². The van der Waals surface area contributed by atoms with Crippen molar-refractivity contribution in [3.8, 4) is 0 Å². The topological polar surface area (TPSA) is 54.4 Å². The summed E-state index contributed by atoms with van der Waals surface area (Å²) in [5, 5.41) is 9.78. The van der Waals surface area contributed by atoms with Gasteiger partial charge in [0.25, 0.3) is 0 Å². The van der Waals surface area contributed by atoms with E-state index in [2.05, 4.69) is 34.6 Å². The molecule has 1 N–H and O–H groups in total. The molecule has 3 aliphatic rings. The Morgan fingerprint density at radius 1 is 1.10 bits per heavy atom. The number of fused-ring (bicyclic) bond motifs is 1. The Hall–Kier alpha value is -1.12. The van der Waals surface area contributed by atoms with Crippen molar-refractivity contribution in [2.75, 3.05) is 0 Å². The minimum absolute atomic E-state index is 0.134. The molecule has 0 aromatic carbocycles. The zero-order valence-electron chi connectivity index (χ0n) is 20.0. The van der Waals surface area contributed by atoms with Crippen LogP contribution in [0.3, 0.4) is 0 Å². The maximum absolute atomic E-state index is 12.9. The Labute approximate surface area is 184 Å². The maximum Gasteiger partial charge on any atom is 0.303 e. The first-order valence-electron chi connectivity index (χ1n) is 12.5. The summed E-state index contributed by atoms with van der Waals surface area (Å²) >= 11 is 0. The molecule has 0 bridgehead atoms. The fourth-order valence-corrected chi connectivity index (χ4v) is 7.84. The van der Waals surface area contributed by atoms with Gasteiger partial charge in [0.1, 0.15) is 0 Å². The Morgan fingerprint density at radius 3 is 2.47 bits per heavy atom. The van der Waals surface area contributed by atoms with Crippen LogP contribution in [0.1, 0.15) is 98.8 Å². The van der Waals surface area contributed by atoms with Gasteiger partial charge >= 0.3 is 5.97 Å². The molecule has 7 atom stereocenters. The van der Waals surface area contributed by atoms with Gasteiger partial charge in [-0.15, -0.1) is 0 Å². The van der Waals surface area contributed by atoms with Gasteiger partial charge in [0.15, 0.2) is 5.78 Å². The summed E-state index contributed by atoms with van der Waals surface area (Å²) in [4.78, 5) is 24.8. The average molecular weight is 417 g/mol. The Bertz CT molecular complexity index is 665. The van der Waals surface area contributed by atoms with Crippen LogP contribution >= 0.6 is 0 Å². The largest absolute Gasteiger partial charge is 0.481 e. The third kappa shape index (κ3) is 4.41. The van der Waals surface area contributed by atoms with Gasteiger partial charge in [-0.2, -0.15) is 0 Å². The lowest BCUT2D eigenvalue weighted by atomic mass is 9.50. The molecule has 0 radical (unpaired) electrons. The van der Waals surface area contributed by atoms with Crippen molar-refractivity contribution < 1.29 is 14.7 Å². The van der Waals surface area contributed by atoms with E-state index in [1.165, 1.54) is 25.7 Å². The van der Waals surface area contributed by atoms with Gasteiger partial charge < -0.3 is 5.11 Å². The van der Waals surface area contributed by atoms with Crippen LogP contribution in [0.25, 0.3) is 0 Å². The normalized spacial score (nSPS) is 39.9. The Kier molecular flexibility index (Phi) is 7.19. The fraction of sp³-hybridized carbons (Fsp3) is 0.852. The first-order valence-corrected chi connectivity index (χ1v) is 12.5. The van der Waals surface area contributed by atoms with Crippen LogP contribution in [0.15, 0.2) is 12.2 Å². The number of carboxylic acid groups (broad SMARTS) is 1. The van der Waals surface area contributed by atoms with E-state index in [4.69, 9.17) is 0 Å². The van der Waals surface area contributed by atoms with E-state index in [0.717, 1.165) is 38.0 Å². The van der Waals surface area contributed by atoms with Crippen molar-refractivity contribution in [2.24, 2.45) is 46.3 Å². The molecule has 170 valence electrons. The van der Waals surface area contributed by atoms with E-state index < -0.39 is 5.97 Å². The SMILES string of the molecule is CC(C)CCCC(C)[C@H]1CC[C@H]2[C@H](CC(=O)O)[C@@H]([C@@]3(C)CCC=CC3=O)CC[C@]12C. The van der Waals surface area contributed by atoms with Crippen LogP contribution < -0.4 is 0 Å². The van der Waals surface area contributed by atoms with E-state index in [-0.39, 0.29) is 34.9 Å². The lowest BCUT2D eigenvalue weighted by Gasteiger charge is -2.54. The molecule has 0 aliphatic heterocycles. The van der Waals surface area contributed by atoms with Gasteiger partial charge in [0.2, 0.25) is 0 Å². The smallest absolute Gasteiger partial charge is 0.303 e. The molecule has 0 amide bonds. The predicted octanol–water partition coefficient (Wildman–Crippen LogP) is 6.91. The number of carbonyl (C=O) groups excluding carboxylic acids is 1. The number of ketones is 1. The van der Waals surface area contributed by atoms with Crippen LogP contribution in [-0.4, -0.2) is 16.9 Å². The molecule has 0 aromatic rings. The summed E-state index contributed by atoms with van der Waals surface area (Å²) in [6, 6.07) is 0. The van der Waals surface area contributed by atoms with E-state index in [1.54, 1.807) is 6.08 Å². The van der Waals surface area contributed by atoms with Crippen molar-refractivity contribution in [3.05, 3.63) is 12.2 Å². The van der Waals surface area contributed by atoms with Crippen LogP contribution in [0.2, 0.25) is 0 Å². The van der Waals surface area contributed by atoms with Crippen LogP contribution in [-0.2, 0) is 9.59 Å². The zero-order valence-corrected chi connectivity index (χ0v) is 20.0. The van der Waals surface area contributed by atoms with Crippen molar-refractivity contribution in [1.29, 1.82) is 0 Å². The minimum atomic E-state index is -0.690. The molecular weight excluding hydrogens is 372 g/mol. The molecule has 0 spiro atoms. The number of carboxylic acids is 1. The molecule has 3 heteroatoms. The highest BCUT2D eigenvalue weighted by molar-refractivity contribution is 5.95. The minimum Gasteiger partial charge on any atom is -0.481 e. The molecule has 0 heterocycles. The first-order chi connectivity index (χ1) is 14.1. The van der Waals surface area contributed by atoms with E-state index in [0.29, 0.717) is 17.8 Å². The molecular formula is C27H44O3. The summed E-state index contributed by atoms with van der Waals surface area (Å²) in [5.74, 6) is 2.49. The van der Waals surface area contributed by atoms with E-state index >= 15 is 0 Å². The highest BCUT2D eigenvalue weighted by Gasteiger charge is 2.58. The summed E-state index contributed by atoms with van der Waals surface area (Å²) in [5.41, 5.74) is -0.144. The van der Waals surface area contributed by atoms with E-state index in [9.17, 15) is 14.7 Å². The third-order valence-corrected chi connectivity index (χ3v) is 9.53. The fourth-order valence-electron chi connectivity index (χ4n) is 7.84. The summed E-state index contributed by atoms with van der Waals surface area (Å²) in [6.07, 6.45) is 14.2. The monoisotopic (exact) mass is 416 g/mol. The number of hydrogen-bond acceptors (Lipinski definition) is 2. The molecule has 2 fully saturated rings. The molecule has 3 nitrogen and oxygen atoms in total. The standard InChI is InChI=1S/C27H44O3/c1-18(2)9-8-10-19(3)21-12-13-22-20(17-25(29)30)23(14-16-26(21,22)4)27(5)15-7-6-11-24(27)28/h6,11,18-23H,7-10,12-17H2,1-5H3,(H,29,30)/t19?,20-,21+,22-,23-,26+,27+/m0/s1. The van der Waals surface area contributed by atoms with Crippen molar-refractivity contribution in [2.45, 2.75) is 98.8 Å². The third-order valence-electron chi connectivity index (χ3n) is 9.53. The zero-order chi connectivity index (χ0) is 22.1. The number of aliphatic carboxylic acids is 1. The van der Waals surface area contributed by atoms with Gasteiger partial charge in [0, 0.05) is 11.8 Å². The molecule has 30 heavy (non-hydrogen) atoms. The Morgan fingerprint density at radius 2 is 1.83 bits per heavy atom. The van der Waals surface area contributed by atoms with E-state index in [1.807, 2.05) is 6.08 Å². The number of carbonyl (C=O) groups is 2. The van der Waals surface area contributed by atoms with Crippen molar-refractivity contribution >= 4 is 11.8 Å². The lowest BCUT2D eigenvalue weighted by Crippen LogP contribution is -2.50. The average Bonchev–Trinajstić information content (AvgIpc) is 3.01. The number of hydrogen-bond donors (Lipinski definition) is 1. The Balaban J connectivity index is 1.81. The highest BCUT2D eigenvalue weighted by Crippen LogP contribution is 2.64. The lowest BCUT2D eigenvalue weighted by molar-refractivity contribution is -0.146. The second kappa shape index (κ2) is 9.17. The van der Waals surface area contributed by atoms with Crippen LogP contribution in [0, 0.1) is 46.3 Å². The van der Waals surface area contributed by atoms with Crippen LogP contribution in [0.5, 0.6) is 0 Å². The number of rotatable bonds is 8. The molecule has 0 aromatic heterocycles. The second-order valence-corrected chi connectivity index (χ2v) is 11.7. The summed E-state index contributed by atoms with van der Waals surface area (Å²) < 4.78 is 0. The maximum atomic E-state index is 12.9. The molecule has 0 saturated heterocycles. The van der Waals surface area contributed by atoms with Crippen molar-refractivity contribution in [3.63, 3.8) is 0 Å². The quantitative estimate of drug-likeness (QED) is 0.468. The predicted molar refractivity (Wildman–Crippen MR) is 122 cm³/mol. The van der Waals surface area contributed by atoms with Gasteiger partial charge in [-0.1, -0.05) is 60.0 Å². The summed E-state index contributed by atoms with van der Waals surface area (Å²) in [7, 11) is 0. The summed E-state index contributed by atoms with van der Waals surface area (Å²) in [6.45, 7) is 11.6. The molecule has 3 aliphatic carbocycles. The molecule has 3 rings (SSSR count). The van der Waals surface area contributed by atoms with Crippen LogP contribution in [0.4, 0.5) is 0 Å². The number of allylic oxidation sites excluding steroid dienone is 2. The van der Waals surface area contributed by atoms with Gasteiger partial charge in [-0.3, -0.25) is 9.59 Å². The van der Waals surface area contributed by atoms with Gasteiger partial charge in [0.05, 0.1) is 0 Å². The second-order valence-electron chi connectivity index (χ2n) is 11.7. The van der Waals surface area contributed by atoms with Crippen molar-refractivity contribution in [1.82, 2.24) is 0 Å².